The predicted molar refractivity (Wildman–Crippen MR) is 61.8 cm³/mol. The zero-order valence-electron chi connectivity index (χ0n) is 9.54. The van der Waals surface area contributed by atoms with Gasteiger partial charge in [0, 0.05) is 26.2 Å². The van der Waals surface area contributed by atoms with Gasteiger partial charge in [-0.25, -0.2) is 0 Å². The lowest BCUT2D eigenvalue weighted by Crippen LogP contribution is -2.40. The fraction of sp³-hybridized carbons (Fsp3) is 0.727. The fourth-order valence-electron chi connectivity index (χ4n) is 1.69. The van der Waals surface area contributed by atoms with E-state index in [0.717, 1.165) is 32.6 Å². The molecule has 86 valence electrons. The number of likely N-dealkylation sites (N-methyl/N-ethyl adjacent to an activating group) is 1. The molecule has 1 N–H and O–H groups in total. The lowest BCUT2D eigenvalue weighted by Gasteiger charge is -2.20. The lowest BCUT2D eigenvalue weighted by molar-refractivity contribution is -0.130. The van der Waals surface area contributed by atoms with Crippen molar-refractivity contribution in [1.29, 1.82) is 0 Å². The van der Waals surface area contributed by atoms with Gasteiger partial charge in [-0.1, -0.05) is 6.08 Å². The molecule has 1 amide bonds. The van der Waals surface area contributed by atoms with Gasteiger partial charge in [-0.3, -0.25) is 4.79 Å². The molecule has 0 bridgehead atoms. The highest BCUT2D eigenvalue weighted by atomic mass is 16.2. The van der Waals surface area contributed by atoms with E-state index < -0.39 is 0 Å². The van der Waals surface area contributed by atoms with Crippen LogP contribution in [0.1, 0.15) is 6.42 Å². The lowest BCUT2D eigenvalue weighted by atomic mass is 10.3. The summed E-state index contributed by atoms with van der Waals surface area (Å²) in [7, 11) is 2.10. The molecule has 1 aliphatic heterocycles. The van der Waals surface area contributed by atoms with Crippen molar-refractivity contribution in [2.45, 2.75) is 6.42 Å². The van der Waals surface area contributed by atoms with E-state index >= 15 is 0 Å². The van der Waals surface area contributed by atoms with Crippen LogP contribution < -0.4 is 5.32 Å². The van der Waals surface area contributed by atoms with Crippen LogP contribution >= 0.6 is 0 Å². The second-order valence-corrected chi connectivity index (χ2v) is 3.96. The minimum absolute atomic E-state index is 0.201. The molecule has 0 spiro atoms. The molecule has 0 unspecified atom stereocenters. The van der Waals surface area contributed by atoms with Gasteiger partial charge >= 0.3 is 0 Å². The summed E-state index contributed by atoms with van der Waals surface area (Å²) in [6.45, 7) is 8.53. The number of rotatable bonds is 4. The highest BCUT2D eigenvalue weighted by Crippen LogP contribution is 2.00. The van der Waals surface area contributed by atoms with Gasteiger partial charge in [-0.05, 0) is 20.0 Å². The maximum absolute atomic E-state index is 11.7. The molecule has 0 atom stereocenters. The molecule has 1 heterocycles. The molecule has 0 aromatic heterocycles. The van der Waals surface area contributed by atoms with E-state index in [2.05, 4.69) is 23.8 Å². The Morgan fingerprint density at radius 1 is 1.40 bits per heavy atom. The van der Waals surface area contributed by atoms with Gasteiger partial charge in [0.1, 0.15) is 0 Å². The smallest absolute Gasteiger partial charge is 0.236 e. The van der Waals surface area contributed by atoms with Crippen molar-refractivity contribution in [3.63, 3.8) is 0 Å². The topological polar surface area (TPSA) is 35.6 Å². The Bertz CT molecular complexity index is 218. The quantitative estimate of drug-likeness (QED) is 0.522. The summed E-state index contributed by atoms with van der Waals surface area (Å²) in [4.78, 5) is 16.0. The van der Waals surface area contributed by atoms with Gasteiger partial charge in [-0.2, -0.15) is 0 Å². The van der Waals surface area contributed by atoms with Crippen LogP contribution in [0.15, 0.2) is 12.7 Å². The predicted octanol–water partition coefficient (Wildman–Crippen LogP) is -0.0739. The standard InChI is InChI=1S/C11H21N3O/c1-3-5-12-10-11(15)14-7-4-6-13(2)8-9-14/h3,12H,1,4-10H2,2H3. The zero-order chi connectivity index (χ0) is 11.1. The van der Waals surface area contributed by atoms with Crippen LogP contribution in [-0.2, 0) is 4.79 Å². The van der Waals surface area contributed by atoms with Crippen molar-refractivity contribution >= 4 is 5.91 Å². The molecule has 1 aliphatic rings. The molecule has 4 heteroatoms. The van der Waals surface area contributed by atoms with Crippen molar-refractivity contribution in [1.82, 2.24) is 15.1 Å². The normalized spacial score (nSPS) is 18.6. The Morgan fingerprint density at radius 2 is 2.20 bits per heavy atom. The minimum atomic E-state index is 0.201. The third kappa shape index (κ3) is 4.44. The number of hydrogen-bond donors (Lipinski definition) is 1. The van der Waals surface area contributed by atoms with Gasteiger partial charge in [0.15, 0.2) is 0 Å². The number of amides is 1. The van der Waals surface area contributed by atoms with Crippen LogP contribution in [-0.4, -0.2) is 62.0 Å². The summed E-state index contributed by atoms with van der Waals surface area (Å²) in [6, 6.07) is 0. The molecule has 4 nitrogen and oxygen atoms in total. The van der Waals surface area contributed by atoms with E-state index in [0.29, 0.717) is 13.1 Å². The molecule has 0 aliphatic carbocycles. The molecule has 0 saturated carbocycles. The van der Waals surface area contributed by atoms with Crippen LogP contribution in [0.4, 0.5) is 0 Å². The number of nitrogens with one attached hydrogen (secondary N) is 1. The van der Waals surface area contributed by atoms with E-state index in [1.54, 1.807) is 6.08 Å². The number of carbonyl (C=O) groups is 1. The maximum atomic E-state index is 11.7. The Morgan fingerprint density at radius 3 is 2.93 bits per heavy atom. The van der Waals surface area contributed by atoms with E-state index in [-0.39, 0.29) is 5.91 Å². The number of carbonyl (C=O) groups excluding carboxylic acids is 1. The van der Waals surface area contributed by atoms with Gasteiger partial charge in [0.05, 0.1) is 6.54 Å². The molecule has 0 aromatic rings. The first-order valence-corrected chi connectivity index (χ1v) is 5.52. The zero-order valence-corrected chi connectivity index (χ0v) is 9.54. The van der Waals surface area contributed by atoms with E-state index in [1.165, 1.54) is 0 Å². The fourth-order valence-corrected chi connectivity index (χ4v) is 1.69. The van der Waals surface area contributed by atoms with Gasteiger partial charge in [0.25, 0.3) is 0 Å². The van der Waals surface area contributed by atoms with Gasteiger partial charge in [-0.15, -0.1) is 6.58 Å². The van der Waals surface area contributed by atoms with Crippen LogP contribution in [0.25, 0.3) is 0 Å². The molecule has 15 heavy (non-hydrogen) atoms. The Balaban J connectivity index is 2.28. The van der Waals surface area contributed by atoms with E-state index in [1.807, 2.05) is 4.90 Å². The largest absolute Gasteiger partial charge is 0.340 e. The summed E-state index contributed by atoms with van der Waals surface area (Å²) in [5, 5.41) is 3.04. The molecule has 1 fully saturated rings. The van der Waals surface area contributed by atoms with Gasteiger partial charge in [0.2, 0.25) is 5.91 Å². The maximum Gasteiger partial charge on any atom is 0.236 e. The molecule has 0 radical (unpaired) electrons. The minimum Gasteiger partial charge on any atom is -0.340 e. The van der Waals surface area contributed by atoms with Crippen molar-refractivity contribution in [3.8, 4) is 0 Å². The summed E-state index contributed by atoms with van der Waals surface area (Å²) in [5.74, 6) is 0.201. The first-order valence-electron chi connectivity index (χ1n) is 5.52. The number of nitrogens with zero attached hydrogens (tertiary/aromatic N) is 2. The third-order valence-corrected chi connectivity index (χ3v) is 2.64. The third-order valence-electron chi connectivity index (χ3n) is 2.64. The van der Waals surface area contributed by atoms with Crippen LogP contribution in [0, 0.1) is 0 Å². The van der Waals surface area contributed by atoms with Crippen LogP contribution in [0.5, 0.6) is 0 Å². The Labute approximate surface area is 91.9 Å². The molecule has 1 saturated heterocycles. The van der Waals surface area contributed by atoms with Gasteiger partial charge < -0.3 is 15.1 Å². The second kappa shape index (κ2) is 6.58. The summed E-state index contributed by atoms with van der Waals surface area (Å²) >= 11 is 0. The second-order valence-electron chi connectivity index (χ2n) is 3.96. The van der Waals surface area contributed by atoms with Crippen LogP contribution in [0.3, 0.4) is 0 Å². The number of hydrogen-bond acceptors (Lipinski definition) is 3. The highest BCUT2D eigenvalue weighted by molar-refractivity contribution is 5.78. The SMILES string of the molecule is C=CCNCC(=O)N1CCCN(C)CC1. The monoisotopic (exact) mass is 211 g/mol. The molecule has 0 aromatic carbocycles. The average Bonchev–Trinajstić information content (AvgIpc) is 2.43. The Kier molecular flexibility index (Phi) is 5.36. The first kappa shape index (κ1) is 12.2. The molecule has 1 rings (SSSR count). The van der Waals surface area contributed by atoms with Crippen molar-refractivity contribution in [2.75, 3.05) is 46.3 Å². The molecular formula is C11H21N3O. The average molecular weight is 211 g/mol. The van der Waals surface area contributed by atoms with Crippen molar-refractivity contribution in [2.24, 2.45) is 0 Å². The highest BCUT2D eigenvalue weighted by Gasteiger charge is 2.16. The summed E-state index contributed by atoms with van der Waals surface area (Å²) in [6.07, 6.45) is 2.84. The Hall–Kier alpha value is -0.870. The summed E-state index contributed by atoms with van der Waals surface area (Å²) in [5.41, 5.74) is 0. The molecular weight excluding hydrogens is 190 g/mol. The summed E-state index contributed by atoms with van der Waals surface area (Å²) < 4.78 is 0. The first-order chi connectivity index (χ1) is 7.24. The van der Waals surface area contributed by atoms with Crippen molar-refractivity contribution < 1.29 is 4.79 Å². The van der Waals surface area contributed by atoms with Crippen molar-refractivity contribution in [3.05, 3.63) is 12.7 Å². The van der Waals surface area contributed by atoms with E-state index in [4.69, 9.17) is 0 Å². The van der Waals surface area contributed by atoms with Crippen LogP contribution in [0.2, 0.25) is 0 Å². The van der Waals surface area contributed by atoms with E-state index in [9.17, 15) is 4.79 Å².